The van der Waals surface area contributed by atoms with E-state index in [1.54, 1.807) is 37.3 Å². The molecule has 0 radical (unpaired) electrons. The summed E-state index contributed by atoms with van der Waals surface area (Å²) in [5.74, 6) is -0.758. The van der Waals surface area contributed by atoms with Crippen LogP contribution in [-0.2, 0) is 26.2 Å². The van der Waals surface area contributed by atoms with Crippen molar-refractivity contribution < 1.29 is 18.0 Å². The van der Waals surface area contributed by atoms with E-state index in [2.05, 4.69) is 5.32 Å². The first-order chi connectivity index (χ1) is 18.0. The standard InChI is InChI=1S/C30H37N3O4S/c1-6-24(4)31-30(35)25(5)32(20-26-13-9-7-10-14-26)29(34)21-33(27-18-22(2)17-23(3)19-27)38(36,37)28-15-11-8-12-16-28/h7-19,24-25H,6,20-21H2,1-5H3,(H,31,35)/t24-,25-/m0/s1. The molecular weight excluding hydrogens is 498 g/mol. The topological polar surface area (TPSA) is 86.8 Å². The Morgan fingerprint density at radius 2 is 1.42 bits per heavy atom. The van der Waals surface area contributed by atoms with Crippen molar-refractivity contribution in [3.63, 3.8) is 0 Å². The Balaban J connectivity index is 2.03. The third kappa shape index (κ3) is 7.22. The Bertz CT molecular complexity index is 1320. The van der Waals surface area contributed by atoms with Crippen molar-refractivity contribution in [1.82, 2.24) is 10.2 Å². The van der Waals surface area contributed by atoms with Crippen molar-refractivity contribution in [2.45, 2.75) is 64.6 Å². The van der Waals surface area contributed by atoms with Crippen LogP contribution >= 0.6 is 0 Å². The van der Waals surface area contributed by atoms with Crippen molar-refractivity contribution in [2.24, 2.45) is 0 Å². The highest BCUT2D eigenvalue weighted by Crippen LogP contribution is 2.26. The van der Waals surface area contributed by atoms with Crippen molar-refractivity contribution in [3.05, 3.63) is 95.6 Å². The van der Waals surface area contributed by atoms with Crippen LogP contribution in [0.4, 0.5) is 5.69 Å². The van der Waals surface area contributed by atoms with E-state index in [-0.39, 0.29) is 23.4 Å². The number of hydrogen-bond acceptors (Lipinski definition) is 4. The molecule has 3 aromatic carbocycles. The third-order valence-corrected chi connectivity index (χ3v) is 8.26. The molecule has 2 atom stereocenters. The quantitative estimate of drug-likeness (QED) is 0.381. The van der Waals surface area contributed by atoms with Crippen LogP contribution in [0, 0.1) is 13.8 Å². The fourth-order valence-electron chi connectivity index (χ4n) is 4.17. The summed E-state index contributed by atoms with van der Waals surface area (Å²) in [5.41, 5.74) is 3.00. The van der Waals surface area contributed by atoms with E-state index in [1.807, 2.05) is 64.1 Å². The van der Waals surface area contributed by atoms with E-state index in [1.165, 1.54) is 17.0 Å². The van der Waals surface area contributed by atoms with Crippen LogP contribution in [0.2, 0.25) is 0 Å². The molecule has 0 saturated heterocycles. The zero-order valence-corrected chi connectivity index (χ0v) is 23.5. The SMILES string of the molecule is CC[C@H](C)NC(=O)[C@H](C)N(Cc1ccccc1)C(=O)CN(c1cc(C)cc(C)c1)S(=O)(=O)c1ccccc1. The number of amides is 2. The smallest absolute Gasteiger partial charge is 0.264 e. The minimum Gasteiger partial charge on any atom is -0.352 e. The fraction of sp³-hybridized carbons (Fsp3) is 0.333. The predicted molar refractivity (Wildman–Crippen MR) is 151 cm³/mol. The molecule has 1 N–H and O–H groups in total. The lowest BCUT2D eigenvalue weighted by Crippen LogP contribution is -2.52. The van der Waals surface area contributed by atoms with E-state index < -0.39 is 28.5 Å². The van der Waals surface area contributed by atoms with Gasteiger partial charge in [-0.15, -0.1) is 0 Å². The molecule has 3 rings (SSSR count). The molecule has 0 aromatic heterocycles. The highest BCUT2D eigenvalue weighted by molar-refractivity contribution is 7.92. The van der Waals surface area contributed by atoms with Gasteiger partial charge in [0.25, 0.3) is 10.0 Å². The van der Waals surface area contributed by atoms with Gasteiger partial charge in [-0.2, -0.15) is 0 Å². The van der Waals surface area contributed by atoms with Gasteiger partial charge in [-0.05, 0) is 75.1 Å². The molecular formula is C30H37N3O4S. The number of nitrogens with one attached hydrogen (secondary N) is 1. The lowest BCUT2D eigenvalue weighted by Gasteiger charge is -2.32. The maximum absolute atomic E-state index is 13.9. The van der Waals surface area contributed by atoms with Gasteiger partial charge >= 0.3 is 0 Å². The normalized spacial score (nSPS) is 12.9. The summed E-state index contributed by atoms with van der Waals surface area (Å²) in [6, 6.07) is 22.0. The second-order valence-corrected chi connectivity index (χ2v) is 11.5. The van der Waals surface area contributed by atoms with Crippen LogP contribution in [0.25, 0.3) is 0 Å². The van der Waals surface area contributed by atoms with Gasteiger partial charge in [0, 0.05) is 12.6 Å². The molecule has 202 valence electrons. The van der Waals surface area contributed by atoms with E-state index in [0.29, 0.717) is 5.69 Å². The van der Waals surface area contributed by atoms with E-state index >= 15 is 0 Å². The minimum absolute atomic E-state index is 0.0520. The summed E-state index contributed by atoms with van der Waals surface area (Å²) in [5, 5.41) is 2.94. The Morgan fingerprint density at radius 1 is 0.868 bits per heavy atom. The molecule has 0 aliphatic heterocycles. The van der Waals surface area contributed by atoms with Crippen LogP contribution in [0.1, 0.15) is 43.9 Å². The number of rotatable bonds is 11. The first-order valence-electron chi connectivity index (χ1n) is 12.8. The number of hydrogen-bond donors (Lipinski definition) is 1. The molecule has 0 spiro atoms. The van der Waals surface area contributed by atoms with Gasteiger partial charge in [0.1, 0.15) is 12.6 Å². The van der Waals surface area contributed by atoms with Gasteiger partial charge in [-0.25, -0.2) is 8.42 Å². The molecule has 0 heterocycles. The maximum atomic E-state index is 13.9. The Kier molecular flexibility index (Phi) is 9.69. The molecule has 2 amide bonds. The zero-order valence-electron chi connectivity index (χ0n) is 22.7. The molecule has 0 aliphatic carbocycles. The van der Waals surface area contributed by atoms with Crippen LogP contribution in [0.5, 0.6) is 0 Å². The number of sulfonamides is 1. The number of nitrogens with zero attached hydrogens (tertiary/aromatic N) is 2. The van der Waals surface area contributed by atoms with E-state index in [9.17, 15) is 18.0 Å². The lowest BCUT2D eigenvalue weighted by molar-refractivity contribution is -0.139. The van der Waals surface area contributed by atoms with Gasteiger partial charge in [-0.3, -0.25) is 13.9 Å². The highest BCUT2D eigenvalue weighted by atomic mass is 32.2. The van der Waals surface area contributed by atoms with Gasteiger partial charge in [0.15, 0.2) is 0 Å². The number of anilines is 1. The Morgan fingerprint density at radius 3 is 1.97 bits per heavy atom. The van der Waals surface area contributed by atoms with E-state index in [4.69, 9.17) is 0 Å². The van der Waals surface area contributed by atoms with Crippen LogP contribution < -0.4 is 9.62 Å². The fourth-order valence-corrected chi connectivity index (χ4v) is 5.59. The lowest BCUT2D eigenvalue weighted by atomic mass is 10.1. The number of aryl methyl sites for hydroxylation is 2. The maximum Gasteiger partial charge on any atom is 0.264 e. The second-order valence-electron chi connectivity index (χ2n) is 9.67. The average molecular weight is 536 g/mol. The molecule has 0 saturated carbocycles. The summed E-state index contributed by atoms with van der Waals surface area (Å²) < 4.78 is 28.8. The van der Waals surface area contributed by atoms with Gasteiger partial charge in [0.05, 0.1) is 10.6 Å². The van der Waals surface area contributed by atoms with Crippen molar-refractivity contribution in [3.8, 4) is 0 Å². The Hall–Kier alpha value is -3.65. The van der Waals surface area contributed by atoms with Crippen LogP contribution in [-0.4, -0.2) is 43.8 Å². The van der Waals surface area contributed by atoms with Crippen molar-refractivity contribution in [1.29, 1.82) is 0 Å². The monoisotopic (exact) mass is 535 g/mol. The molecule has 0 bridgehead atoms. The summed E-state index contributed by atoms with van der Waals surface area (Å²) in [7, 11) is -4.07. The molecule has 38 heavy (non-hydrogen) atoms. The molecule has 3 aromatic rings. The number of benzene rings is 3. The Labute approximate surface area is 226 Å². The predicted octanol–water partition coefficient (Wildman–Crippen LogP) is 4.83. The van der Waals surface area contributed by atoms with Gasteiger partial charge < -0.3 is 10.2 Å². The van der Waals surface area contributed by atoms with Crippen molar-refractivity contribution in [2.75, 3.05) is 10.8 Å². The first kappa shape index (κ1) is 28.9. The average Bonchev–Trinajstić information content (AvgIpc) is 2.90. The summed E-state index contributed by atoms with van der Waals surface area (Å²) in [6.45, 7) is 9.03. The highest BCUT2D eigenvalue weighted by Gasteiger charge is 2.32. The van der Waals surface area contributed by atoms with Crippen LogP contribution in [0.15, 0.2) is 83.8 Å². The van der Waals surface area contributed by atoms with Crippen molar-refractivity contribution >= 4 is 27.5 Å². The number of carbonyl (C=O) groups is 2. The van der Waals surface area contributed by atoms with Gasteiger partial charge in [0.2, 0.25) is 11.8 Å². The minimum atomic E-state index is -4.07. The molecule has 8 heteroatoms. The second kappa shape index (κ2) is 12.7. The third-order valence-electron chi connectivity index (χ3n) is 6.47. The van der Waals surface area contributed by atoms with Gasteiger partial charge in [-0.1, -0.05) is 61.5 Å². The first-order valence-corrected chi connectivity index (χ1v) is 14.3. The largest absolute Gasteiger partial charge is 0.352 e. The number of carbonyl (C=O) groups excluding carboxylic acids is 2. The molecule has 0 fully saturated rings. The molecule has 0 unspecified atom stereocenters. The summed E-state index contributed by atoms with van der Waals surface area (Å²) in [6.07, 6.45) is 0.751. The van der Waals surface area contributed by atoms with Crippen LogP contribution in [0.3, 0.4) is 0 Å². The summed E-state index contributed by atoms with van der Waals surface area (Å²) in [4.78, 5) is 28.5. The van der Waals surface area contributed by atoms with E-state index in [0.717, 1.165) is 27.4 Å². The molecule has 0 aliphatic rings. The molecule has 7 nitrogen and oxygen atoms in total. The zero-order chi connectivity index (χ0) is 27.9. The summed E-state index contributed by atoms with van der Waals surface area (Å²) >= 11 is 0.